The second-order valence-corrected chi connectivity index (χ2v) is 7.45. The molecular weight excluding hydrogens is 342 g/mol. The van der Waals surface area contributed by atoms with E-state index in [0.29, 0.717) is 22.3 Å². The fourth-order valence-electron chi connectivity index (χ4n) is 1.88. The normalized spacial score (nSPS) is 12.0. The van der Waals surface area contributed by atoms with Crippen LogP contribution >= 0.6 is 11.8 Å². The minimum absolute atomic E-state index is 0.0338. The number of hydrogen-bond acceptors (Lipinski definition) is 7. The first kappa shape index (κ1) is 15.8. The van der Waals surface area contributed by atoms with Crippen molar-refractivity contribution in [3.63, 3.8) is 0 Å². The second-order valence-electron chi connectivity index (χ2n) is 4.62. The van der Waals surface area contributed by atoms with E-state index in [1.165, 1.54) is 30.0 Å². The monoisotopic (exact) mass is 355 g/mol. The first-order valence-corrected chi connectivity index (χ1v) is 9.05. The van der Waals surface area contributed by atoms with Crippen LogP contribution in [0.3, 0.4) is 0 Å². The number of oxazole rings is 1. The maximum Gasteiger partial charge on any atom is 0.417 e. The third-order valence-corrected chi connectivity index (χ3v) is 5.21. The highest BCUT2D eigenvalue weighted by atomic mass is 32.2. The summed E-state index contributed by atoms with van der Waals surface area (Å²) in [7, 11) is -3.68. The van der Waals surface area contributed by atoms with Gasteiger partial charge in [-0.2, -0.15) is 0 Å². The van der Waals surface area contributed by atoms with E-state index in [9.17, 15) is 13.2 Å². The molecule has 0 aliphatic carbocycles. The molecule has 0 spiro atoms. The standard InChI is InChI=1S/C12H13N5O4S2/c1-7-14-11(17-16-7)22-5-4-13-23(19,20)8-2-3-9-10(6-8)21-12(18)15-9/h2-3,6,13H,4-5H2,1H3,(H,15,18)(H,14,16,17). The average Bonchev–Trinajstić information content (AvgIpc) is 3.07. The molecule has 0 aliphatic rings. The van der Waals surface area contributed by atoms with Crippen molar-refractivity contribution in [3.05, 3.63) is 34.6 Å². The Kier molecular flexibility index (Phi) is 4.24. The molecule has 0 saturated heterocycles. The van der Waals surface area contributed by atoms with E-state index >= 15 is 0 Å². The molecule has 1 aromatic carbocycles. The molecule has 23 heavy (non-hydrogen) atoms. The summed E-state index contributed by atoms with van der Waals surface area (Å²) in [6.07, 6.45) is 0. The lowest BCUT2D eigenvalue weighted by atomic mass is 10.3. The first-order valence-electron chi connectivity index (χ1n) is 6.58. The van der Waals surface area contributed by atoms with Crippen molar-refractivity contribution in [2.24, 2.45) is 0 Å². The molecule has 0 unspecified atom stereocenters. The number of benzene rings is 1. The highest BCUT2D eigenvalue weighted by Crippen LogP contribution is 2.17. The maximum absolute atomic E-state index is 12.2. The van der Waals surface area contributed by atoms with E-state index in [1.54, 1.807) is 6.92 Å². The van der Waals surface area contributed by atoms with Gasteiger partial charge in [0.15, 0.2) is 5.58 Å². The Hall–Kier alpha value is -2.11. The van der Waals surface area contributed by atoms with Gasteiger partial charge in [-0.1, -0.05) is 11.8 Å². The number of aryl methyl sites for hydroxylation is 1. The molecule has 2 heterocycles. The molecule has 122 valence electrons. The van der Waals surface area contributed by atoms with Crippen LogP contribution in [-0.4, -0.2) is 40.9 Å². The fraction of sp³-hybridized carbons (Fsp3) is 0.250. The number of rotatable bonds is 6. The van der Waals surface area contributed by atoms with Crippen LogP contribution in [0.1, 0.15) is 5.82 Å². The quantitative estimate of drug-likeness (QED) is 0.436. The second kappa shape index (κ2) is 6.18. The van der Waals surface area contributed by atoms with Gasteiger partial charge in [0.25, 0.3) is 0 Å². The van der Waals surface area contributed by atoms with Crippen molar-refractivity contribution in [1.29, 1.82) is 0 Å². The van der Waals surface area contributed by atoms with Crippen LogP contribution in [0.5, 0.6) is 0 Å². The fourth-order valence-corrected chi connectivity index (χ4v) is 3.76. The molecule has 0 saturated carbocycles. The van der Waals surface area contributed by atoms with Gasteiger partial charge in [-0.05, 0) is 19.1 Å². The number of fused-ring (bicyclic) bond motifs is 1. The number of hydrogen-bond donors (Lipinski definition) is 3. The van der Waals surface area contributed by atoms with Gasteiger partial charge < -0.3 is 4.42 Å². The molecular formula is C12H13N5O4S2. The summed E-state index contributed by atoms with van der Waals surface area (Å²) in [6.45, 7) is 2.00. The molecule has 11 heteroatoms. The first-order chi connectivity index (χ1) is 10.9. The molecule has 3 aromatic rings. The van der Waals surface area contributed by atoms with Crippen LogP contribution in [0.4, 0.5) is 0 Å². The number of nitrogens with one attached hydrogen (secondary N) is 3. The van der Waals surface area contributed by atoms with Crippen LogP contribution in [0.2, 0.25) is 0 Å². The lowest BCUT2D eigenvalue weighted by Gasteiger charge is -2.05. The Balaban J connectivity index is 1.64. The topological polar surface area (TPSA) is 134 Å². The Labute approximate surface area is 134 Å². The number of aromatic amines is 2. The summed E-state index contributed by atoms with van der Waals surface area (Å²) in [5.74, 6) is 0.563. The van der Waals surface area contributed by atoms with Gasteiger partial charge in [-0.15, -0.1) is 5.10 Å². The minimum Gasteiger partial charge on any atom is -0.408 e. The predicted molar refractivity (Wildman–Crippen MR) is 83.9 cm³/mol. The minimum atomic E-state index is -3.68. The Morgan fingerprint density at radius 3 is 2.96 bits per heavy atom. The number of aromatic nitrogens is 4. The number of sulfonamides is 1. The van der Waals surface area contributed by atoms with E-state index in [-0.39, 0.29) is 17.0 Å². The molecule has 3 rings (SSSR count). The van der Waals surface area contributed by atoms with Gasteiger partial charge >= 0.3 is 5.76 Å². The molecule has 0 aliphatic heterocycles. The van der Waals surface area contributed by atoms with Crippen molar-refractivity contribution in [2.45, 2.75) is 17.0 Å². The molecule has 2 aromatic heterocycles. The van der Waals surface area contributed by atoms with Crippen LogP contribution in [0.15, 0.2) is 37.5 Å². The van der Waals surface area contributed by atoms with E-state index in [2.05, 4.69) is 24.9 Å². The van der Waals surface area contributed by atoms with Crippen LogP contribution in [0.25, 0.3) is 11.1 Å². The van der Waals surface area contributed by atoms with Crippen molar-refractivity contribution in [3.8, 4) is 0 Å². The molecule has 0 bridgehead atoms. The zero-order valence-corrected chi connectivity index (χ0v) is 13.6. The van der Waals surface area contributed by atoms with E-state index in [1.807, 2.05) is 0 Å². The molecule has 0 radical (unpaired) electrons. The van der Waals surface area contributed by atoms with Crippen molar-refractivity contribution in [2.75, 3.05) is 12.3 Å². The summed E-state index contributed by atoms with van der Waals surface area (Å²) < 4.78 is 31.8. The van der Waals surface area contributed by atoms with Gasteiger partial charge in [-0.3, -0.25) is 10.1 Å². The Morgan fingerprint density at radius 2 is 2.22 bits per heavy atom. The summed E-state index contributed by atoms with van der Waals surface area (Å²) in [6, 6.07) is 4.20. The number of nitrogens with zero attached hydrogens (tertiary/aromatic N) is 2. The van der Waals surface area contributed by atoms with Crippen LogP contribution < -0.4 is 10.5 Å². The molecule has 0 amide bonds. The van der Waals surface area contributed by atoms with Gasteiger partial charge in [0, 0.05) is 18.4 Å². The van der Waals surface area contributed by atoms with E-state index in [4.69, 9.17) is 4.42 Å². The number of thioether (sulfide) groups is 1. The molecule has 3 N–H and O–H groups in total. The Morgan fingerprint density at radius 1 is 1.39 bits per heavy atom. The van der Waals surface area contributed by atoms with Gasteiger partial charge in [0.1, 0.15) is 5.82 Å². The van der Waals surface area contributed by atoms with Gasteiger partial charge in [0.05, 0.1) is 10.4 Å². The summed E-state index contributed by atoms with van der Waals surface area (Å²) in [5.41, 5.74) is 0.646. The highest BCUT2D eigenvalue weighted by Gasteiger charge is 2.15. The maximum atomic E-state index is 12.2. The number of H-pyrrole nitrogens is 2. The summed E-state index contributed by atoms with van der Waals surface area (Å²) in [5, 5.41) is 7.23. The highest BCUT2D eigenvalue weighted by molar-refractivity contribution is 7.99. The summed E-state index contributed by atoms with van der Waals surface area (Å²) in [4.78, 5) is 17.7. The third kappa shape index (κ3) is 3.63. The lowest BCUT2D eigenvalue weighted by molar-refractivity contribution is 0.553. The molecule has 0 fully saturated rings. The third-order valence-electron chi connectivity index (χ3n) is 2.90. The van der Waals surface area contributed by atoms with Crippen molar-refractivity contribution in [1.82, 2.24) is 24.9 Å². The zero-order valence-electron chi connectivity index (χ0n) is 12.0. The van der Waals surface area contributed by atoms with E-state index < -0.39 is 15.8 Å². The van der Waals surface area contributed by atoms with Gasteiger partial charge in [0.2, 0.25) is 15.2 Å². The zero-order chi connectivity index (χ0) is 16.4. The summed E-state index contributed by atoms with van der Waals surface area (Å²) >= 11 is 1.34. The Bertz CT molecular complexity index is 988. The smallest absolute Gasteiger partial charge is 0.408 e. The molecule has 9 nitrogen and oxygen atoms in total. The van der Waals surface area contributed by atoms with Crippen molar-refractivity contribution < 1.29 is 12.8 Å². The largest absolute Gasteiger partial charge is 0.417 e. The lowest BCUT2D eigenvalue weighted by Crippen LogP contribution is -2.26. The molecule has 0 atom stereocenters. The van der Waals surface area contributed by atoms with Crippen molar-refractivity contribution >= 4 is 32.9 Å². The average molecular weight is 355 g/mol. The van der Waals surface area contributed by atoms with Crippen LogP contribution in [-0.2, 0) is 10.0 Å². The van der Waals surface area contributed by atoms with Crippen LogP contribution in [0, 0.1) is 6.92 Å². The SMILES string of the molecule is Cc1nc(SCCNS(=O)(=O)c2ccc3[nH]c(=O)oc3c2)n[nH]1. The van der Waals surface area contributed by atoms with Gasteiger partial charge in [-0.25, -0.2) is 22.9 Å². The van der Waals surface area contributed by atoms with E-state index in [0.717, 1.165) is 0 Å². The predicted octanol–water partition coefficient (Wildman–Crippen LogP) is 0.618.